The van der Waals surface area contributed by atoms with E-state index in [2.05, 4.69) is 14.7 Å². The molecule has 0 aliphatic heterocycles. The normalized spacial score (nSPS) is 11.3. The Morgan fingerprint density at radius 1 is 1.00 bits per heavy atom. The maximum Gasteiger partial charge on any atom is 0.262 e. The van der Waals surface area contributed by atoms with Crippen molar-refractivity contribution in [2.75, 3.05) is 30.8 Å². The number of aromatic nitrogens is 2. The van der Waals surface area contributed by atoms with Crippen LogP contribution in [-0.4, -0.2) is 39.6 Å². The lowest BCUT2D eigenvalue weighted by atomic mass is 10.1. The molecule has 0 unspecified atom stereocenters. The molecule has 1 heterocycles. The Bertz CT molecular complexity index is 885. The molecule has 0 spiro atoms. The van der Waals surface area contributed by atoms with Crippen LogP contribution in [0.25, 0.3) is 0 Å². The van der Waals surface area contributed by atoms with Gasteiger partial charge in [0, 0.05) is 14.1 Å². The zero-order valence-electron chi connectivity index (χ0n) is 15.6. The van der Waals surface area contributed by atoms with Crippen LogP contribution in [0, 0.1) is 27.7 Å². The number of hydrogen-bond acceptors (Lipinski definition) is 6. The van der Waals surface area contributed by atoms with Crippen molar-refractivity contribution in [1.82, 2.24) is 9.97 Å². The molecule has 25 heavy (non-hydrogen) atoms. The van der Waals surface area contributed by atoms with Crippen molar-refractivity contribution in [1.29, 1.82) is 0 Å². The van der Waals surface area contributed by atoms with Gasteiger partial charge in [-0.25, -0.2) is 18.4 Å². The van der Waals surface area contributed by atoms with E-state index in [1.807, 2.05) is 21.0 Å². The number of ether oxygens (including phenoxy) is 1. The maximum atomic E-state index is 12.9. The van der Waals surface area contributed by atoms with Gasteiger partial charge in [-0.1, -0.05) is 0 Å². The highest BCUT2D eigenvalue weighted by Crippen LogP contribution is 2.28. The summed E-state index contributed by atoms with van der Waals surface area (Å²) in [5, 5.41) is 0. The summed E-state index contributed by atoms with van der Waals surface area (Å²) in [5.74, 6) is 1.19. The first-order valence-electron chi connectivity index (χ1n) is 7.77. The molecule has 2 rings (SSSR count). The van der Waals surface area contributed by atoms with E-state index in [9.17, 15) is 8.42 Å². The molecule has 0 aliphatic rings. The molecule has 1 aromatic heterocycles. The van der Waals surface area contributed by atoms with E-state index < -0.39 is 10.0 Å². The van der Waals surface area contributed by atoms with Crippen molar-refractivity contribution in [3.8, 4) is 5.75 Å². The second-order valence-corrected chi connectivity index (χ2v) is 7.81. The number of rotatable bonds is 5. The van der Waals surface area contributed by atoms with E-state index in [-0.39, 0.29) is 4.90 Å². The summed E-state index contributed by atoms with van der Waals surface area (Å²) in [6.07, 6.45) is 0. The van der Waals surface area contributed by atoms with Crippen LogP contribution in [0.5, 0.6) is 5.75 Å². The number of nitrogens with zero attached hydrogens (tertiary/aromatic N) is 3. The molecule has 7 nitrogen and oxygen atoms in total. The van der Waals surface area contributed by atoms with Crippen molar-refractivity contribution in [2.45, 2.75) is 32.6 Å². The molecule has 136 valence electrons. The van der Waals surface area contributed by atoms with Crippen molar-refractivity contribution >= 4 is 21.7 Å². The fraction of sp³-hybridized carbons (Fsp3) is 0.412. The molecule has 0 saturated carbocycles. The van der Waals surface area contributed by atoms with Gasteiger partial charge in [0.1, 0.15) is 5.75 Å². The first-order valence-corrected chi connectivity index (χ1v) is 9.25. The van der Waals surface area contributed by atoms with Crippen LogP contribution in [0.3, 0.4) is 0 Å². The van der Waals surface area contributed by atoms with Gasteiger partial charge in [0.05, 0.1) is 29.1 Å². The van der Waals surface area contributed by atoms with Crippen molar-refractivity contribution in [3.05, 3.63) is 34.6 Å². The average Bonchev–Trinajstić information content (AvgIpc) is 2.52. The molecule has 0 saturated heterocycles. The second-order valence-electron chi connectivity index (χ2n) is 6.16. The van der Waals surface area contributed by atoms with Crippen LogP contribution in [-0.2, 0) is 10.0 Å². The Morgan fingerprint density at radius 3 is 2.04 bits per heavy atom. The monoisotopic (exact) mass is 364 g/mol. The Labute approximate surface area is 149 Å². The predicted molar refractivity (Wildman–Crippen MR) is 99.1 cm³/mol. The molecule has 1 aromatic carbocycles. The predicted octanol–water partition coefficient (Wildman–Crippen LogP) is 2.59. The zero-order valence-corrected chi connectivity index (χ0v) is 16.4. The highest BCUT2D eigenvalue weighted by Gasteiger charge is 2.22. The van der Waals surface area contributed by atoms with Crippen LogP contribution < -0.4 is 14.4 Å². The first kappa shape index (κ1) is 19.0. The number of hydrogen-bond donors (Lipinski definition) is 1. The smallest absolute Gasteiger partial charge is 0.262 e. The van der Waals surface area contributed by atoms with Crippen molar-refractivity contribution in [2.24, 2.45) is 0 Å². The maximum absolute atomic E-state index is 12.9. The number of nitrogens with one attached hydrogen (secondary N) is 1. The van der Waals surface area contributed by atoms with E-state index >= 15 is 0 Å². The van der Waals surface area contributed by atoms with Gasteiger partial charge in [-0.15, -0.1) is 0 Å². The van der Waals surface area contributed by atoms with Crippen molar-refractivity contribution < 1.29 is 13.2 Å². The average molecular weight is 364 g/mol. The molecule has 0 aliphatic carbocycles. The van der Waals surface area contributed by atoms with E-state index in [0.717, 1.165) is 5.56 Å². The number of anilines is 2. The summed E-state index contributed by atoms with van der Waals surface area (Å²) in [6.45, 7) is 7.06. The van der Waals surface area contributed by atoms with Gasteiger partial charge in [0.15, 0.2) is 0 Å². The van der Waals surface area contributed by atoms with Gasteiger partial charge in [0.25, 0.3) is 10.0 Å². The van der Waals surface area contributed by atoms with Crippen molar-refractivity contribution in [3.63, 3.8) is 0 Å². The molecular formula is C17H24N4O3S. The molecule has 0 amide bonds. The van der Waals surface area contributed by atoms with Crippen LogP contribution in [0.1, 0.15) is 22.5 Å². The number of methoxy groups -OCH3 is 1. The van der Waals surface area contributed by atoms with Gasteiger partial charge >= 0.3 is 0 Å². The largest absolute Gasteiger partial charge is 0.496 e. The Hall–Kier alpha value is -2.35. The summed E-state index contributed by atoms with van der Waals surface area (Å²) in [6, 6.07) is 3.32. The second kappa shape index (κ2) is 6.87. The topological polar surface area (TPSA) is 84.4 Å². The fourth-order valence-electron chi connectivity index (χ4n) is 2.51. The van der Waals surface area contributed by atoms with Gasteiger partial charge in [-0.05, 0) is 51.0 Å². The summed E-state index contributed by atoms with van der Waals surface area (Å²) in [5.41, 5.74) is 2.90. The van der Waals surface area contributed by atoms with E-state index in [1.165, 1.54) is 0 Å². The summed E-state index contributed by atoms with van der Waals surface area (Å²) in [7, 11) is 1.46. The number of sulfonamides is 1. The van der Waals surface area contributed by atoms with Gasteiger partial charge in [0.2, 0.25) is 5.95 Å². The first-order chi connectivity index (χ1) is 11.6. The molecule has 2 aromatic rings. The Balaban J connectivity index is 2.48. The summed E-state index contributed by atoms with van der Waals surface area (Å²) >= 11 is 0. The molecule has 0 fully saturated rings. The van der Waals surface area contributed by atoms with Crippen LogP contribution in [0.2, 0.25) is 0 Å². The lowest BCUT2D eigenvalue weighted by Gasteiger charge is -2.17. The highest BCUT2D eigenvalue weighted by molar-refractivity contribution is 7.92. The molecular weight excluding hydrogens is 340 g/mol. The minimum absolute atomic E-state index is 0.210. The standard InChI is InChI=1S/C17H24N4O3S/c1-10-9-15(11(2)8-14(10)24-7)25(22,23)20-16-12(3)18-17(21(5)6)19-13(16)4/h8-9,20H,1-7H3. The molecule has 0 radical (unpaired) electrons. The van der Waals surface area contributed by atoms with Gasteiger partial charge in [-0.2, -0.15) is 0 Å². The molecule has 8 heteroatoms. The lowest BCUT2D eigenvalue weighted by Crippen LogP contribution is -2.19. The third-order valence-electron chi connectivity index (χ3n) is 3.88. The SMILES string of the molecule is COc1cc(C)c(S(=O)(=O)Nc2c(C)nc(N(C)C)nc2C)cc1C. The van der Waals surface area contributed by atoms with Crippen LogP contribution in [0.4, 0.5) is 11.6 Å². The van der Waals surface area contributed by atoms with E-state index in [1.54, 1.807) is 44.9 Å². The minimum atomic E-state index is -3.77. The number of benzene rings is 1. The van der Waals surface area contributed by atoms with E-state index in [4.69, 9.17) is 4.74 Å². The zero-order chi connectivity index (χ0) is 18.9. The molecule has 1 N–H and O–H groups in total. The summed E-state index contributed by atoms with van der Waals surface area (Å²) < 4.78 is 33.6. The van der Waals surface area contributed by atoms with E-state index in [0.29, 0.717) is 34.3 Å². The third kappa shape index (κ3) is 3.84. The Morgan fingerprint density at radius 2 is 1.56 bits per heavy atom. The Kier molecular flexibility index (Phi) is 5.22. The quantitative estimate of drug-likeness (QED) is 0.878. The van der Waals surface area contributed by atoms with Crippen LogP contribution in [0.15, 0.2) is 17.0 Å². The van der Waals surface area contributed by atoms with Crippen LogP contribution >= 0.6 is 0 Å². The minimum Gasteiger partial charge on any atom is -0.496 e. The summed E-state index contributed by atoms with van der Waals surface area (Å²) in [4.78, 5) is 10.7. The lowest BCUT2D eigenvalue weighted by molar-refractivity contribution is 0.411. The van der Waals surface area contributed by atoms with Gasteiger partial charge < -0.3 is 9.64 Å². The molecule has 0 bridgehead atoms. The highest BCUT2D eigenvalue weighted by atomic mass is 32.2. The third-order valence-corrected chi connectivity index (χ3v) is 5.37. The number of aryl methyl sites for hydroxylation is 4. The fourth-order valence-corrected chi connectivity index (χ4v) is 4.00. The van der Waals surface area contributed by atoms with Gasteiger partial charge in [-0.3, -0.25) is 4.72 Å². The molecule has 0 atom stereocenters.